The van der Waals surface area contributed by atoms with Crippen molar-refractivity contribution in [2.75, 3.05) is 14.1 Å². The Labute approximate surface area is 233 Å². The van der Waals surface area contributed by atoms with E-state index in [2.05, 4.69) is 4.74 Å². The van der Waals surface area contributed by atoms with Crippen molar-refractivity contribution in [1.29, 1.82) is 0 Å². The van der Waals surface area contributed by atoms with Crippen LogP contribution >= 0.6 is 0 Å². The van der Waals surface area contributed by atoms with Crippen molar-refractivity contribution in [3.63, 3.8) is 0 Å². The second kappa shape index (κ2) is 12.3. The van der Waals surface area contributed by atoms with Gasteiger partial charge in [-0.05, 0) is 56.9 Å². The van der Waals surface area contributed by atoms with Crippen LogP contribution in [0.5, 0.6) is 11.5 Å². The zero-order valence-electron chi connectivity index (χ0n) is 31.2. The molecule has 0 unspecified atom stereocenters. The molecule has 0 amide bonds. The first kappa shape index (κ1) is 12.4. The third-order valence-corrected chi connectivity index (χ3v) is 4.15. The molecule has 1 N–H and O–H groups in total. The van der Waals surface area contributed by atoms with Gasteiger partial charge in [0, 0.05) is 15.1 Å². The predicted molar refractivity (Wildman–Crippen MR) is 121 cm³/mol. The van der Waals surface area contributed by atoms with E-state index >= 15 is 0 Å². The first-order chi connectivity index (χ1) is 21.0. The minimum absolute atomic E-state index is 0. The summed E-state index contributed by atoms with van der Waals surface area (Å²) >= 11 is 0. The van der Waals surface area contributed by atoms with E-state index in [1.165, 1.54) is 12.1 Å². The summed E-state index contributed by atoms with van der Waals surface area (Å²) in [4.78, 5) is 22.1. The number of carbonyl (C=O) groups excluding carboxylic acids is 1. The van der Waals surface area contributed by atoms with Crippen LogP contribution in [0.25, 0.3) is 21.5 Å². The molecule has 164 valence electrons. The Morgan fingerprint density at radius 1 is 1.00 bits per heavy atom. The molecule has 0 fully saturated rings. The van der Waals surface area contributed by atoms with Gasteiger partial charge in [0.25, 0.3) is 0 Å². The fraction of sp³-hybridized carbons (Fsp3) is 0.154. The van der Waals surface area contributed by atoms with Crippen molar-refractivity contribution >= 4 is 33.5 Å². The molecule has 0 aliphatic carbocycles. The van der Waals surface area contributed by atoms with E-state index in [1.807, 2.05) is 6.07 Å². The second-order valence-electron chi connectivity index (χ2n) is 6.19. The molecule has 0 heterocycles. The molecule has 0 aromatic heterocycles. The molecular formula is C26H23NaO6. The molecule has 33 heavy (non-hydrogen) atoms. The minimum atomic E-state index is -3.29. The van der Waals surface area contributed by atoms with Gasteiger partial charge in [-0.25, -0.2) is 0 Å². The number of hydrogen-bond acceptors (Lipinski definition) is 5. The van der Waals surface area contributed by atoms with Crippen molar-refractivity contribution < 1.29 is 78.0 Å². The summed E-state index contributed by atoms with van der Waals surface area (Å²) in [6, 6.07) is 4.61. The van der Waals surface area contributed by atoms with Gasteiger partial charge in [0.2, 0.25) is 0 Å². The number of aliphatic carboxylic acids is 2. The molecular weight excluding hydrogens is 431 g/mol. The van der Waals surface area contributed by atoms with Gasteiger partial charge in [0.1, 0.15) is 11.5 Å². The average Bonchev–Trinajstić information content (AvgIpc) is 2.91. The smallest absolute Gasteiger partial charge is 0.550 e. The maximum Gasteiger partial charge on any atom is 1.00 e. The Morgan fingerprint density at radius 3 is 2.52 bits per heavy atom. The van der Waals surface area contributed by atoms with Crippen LogP contribution in [0, 0.1) is 0 Å². The van der Waals surface area contributed by atoms with Crippen molar-refractivity contribution in [3.8, 4) is 11.5 Å². The van der Waals surface area contributed by atoms with E-state index in [1.54, 1.807) is 18.2 Å². The van der Waals surface area contributed by atoms with Crippen LogP contribution in [0.1, 0.15) is 30.3 Å². The van der Waals surface area contributed by atoms with E-state index in [0.717, 1.165) is 5.39 Å². The third-order valence-electron chi connectivity index (χ3n) is 4.15. The topological polar surface area (TPSA) is 95.9 Å². The van der Waals surface area contributed by atoms with E-state index in [4.69, 9.17) is 23.9 Å². The van der Waals surface area contributed by atoms with E-state index < -0.39 is 90.7 Å². The number of fused-ring (bicyclic) bond motifs is 2. The SMILES string of the molecule is [2H]C([2H])([2H])Oc1ccc2cccc(CC(=O)[O-])c2c1.[2H]c1c([2H])c(C([2H])([2H])C(=O)O)c2c([2H])c(OC([2H])([2H])[2H])c([2H])c([2H])c2c1[2H].[Na+]. The summed E-state index contributed by atoms with van der Waals surface area (Å²) in [6.07, 6.45) is -3.52. The molecule has 0 saturated heterocycles. The normalized spacial score (nSPS) is 17.3. The Bertz CT molecular complexity index is 1860. The molecule has 7 heteroatoms. The van der Waals surface area contributed by atoms with Crippen molar-refractivity contribution in [1.82, 2.24) is 0 Å². The van der Waals surface area contributed by atoms with Crippen LogP contribution in [0.3, 0.4) is 0 Å². The number of hydrogen-bond donors (Lipinski definition) is 1. The fourth-order valence-corrected chi connectivity index (χ4v) is 2.83. The minimum Gasteiger partial charge on any atom is -0.550 e. The molecule has 4 rings (SSSR count). The van der Waals surface area contributed by atoms with E-state index in [0.29, 0.717) is 10.9 Å². The number of methoxy groups -OCH3 is 2. The number of ether oxygens (including phenoxy) is 2. The van der Waals surface area contributed by atoms with Crippen LogP contribution in [0.2, 0.25) is 0 Å². The van der Waals surface area contributed by atoms with Crippen molar-refractivity contribution in [2.45, 2.75) is 12.8 Å². The van der Waals surface area contributed by atoms with Crippen LogP contribution < -0.4 is 44.1 Å². The van der Waals surface area contributed by atoms with Crippen LogP contribution in [-0.2, 0) is 22.4 Å². The van der Waals surface area contributed by atoms with Gasteiger partial charge < -0.3 is 24.5 Å². The quantitative estimate of drug-likeness (QED) is 0.417. The molecule has 0 aliphatic rings. The largest absolute Gasteiger partial charge is 1.00 e. The van der Waals surface area contributed by atoms with E-state index in [9.17, 15) is 19.8 Å². The summed E-state index contributed by atoms with van der Waals surface area (Å²) in [7, 11) is -5.66. The first-order valence-corrected chi connectivity index (χ1v) is 8.84. The third kappa shape index (κ3) is 6.96. The summed E-state index contributed by atoms with van der Waals surface area (Å²) in [6.45, 7) is 0. The van der Waals surface area contributed by atoms with Crippen molar-refractivity contribution in [3.05, 3.63) is 83.8 Å². The van der Waals surface area contributed by atoms with Crippen LogP contribution in [0.15, 0.2) is 72.7 Å². The zero-order valence-corrected chi connectivity index (χ0v) is 19.2. The summed E-state index contributed by atoms with van der Waals surface area (Å²) in [5.74, 6) is -3.99. The van der Waals surface area contributed by atoms with Gasteiger partial charge in [0.05, 0.1) is 36.9 Å². The summed E-state index contributed by atoms with van der Waals surface area (Å²) in [5, 5.41) is 20.0. The molecule has 0 radical (unpaired) electrons. The van der Waals surface area contributed by atoms with Gasteiger partial charge in [-0.2, -0.15) is 0 Å². The maximum atomic E-state index is 11.4. The Kier molecular flexibility index (Phi) is 4.61. The average molecular weight is 469 g/mol. The van der Waals surface area contributed by atoms with Crippen molar-refractivity contribution in [2.24, 2.45) is 0 Å². The molecule has 4 aromatic rings. The monoisotopic (exact) mass is 468 g/mol. The van der Waals surface area contributed by atoms with Gasteiger partial charge in [0.15, 0.2) is 0 Å². The predicted octanol–water partition coefficient (Wildman–Crippen LogP) is 0.620. The molecule has 0 atom stereocenters. The number of carboxylic acid groups (broad SMARTS) is 2. The Hall–Kier alpha value is -3.06. The Morgan fingerprint density at radius 2 is 1.79 bits per heavy atom. The molecule has 6 nitrogen and oxygen atoms in total. The van der Waals surface area contributed by atoms with E-state index in [-0.39, 0.29) is 41.7 Å². The van der Waals surface area contributed by atoms with Crippen LogP contribution in [0.4, 0.5) is 0 Å². The zero-order chi connectivity index (χ0) is 35.1. The number of rotatable bonds is 6. The molecule has 0 aliphatic heterocycles. The number of carboxylic acids is 2. The molecule has 4 aromatic carbocycles. The molecule has 0 spiro atoms. The molecule has 0 bridgehead atoms. The van der Waals surface area contributed by atoms with Gasteiger partial charge in [-0.15, -0.1) is 0 Å². The number of carbonyl (C=O) groups is 2. The summed E-state index contributed by atoms with van der Waals surface area (Å²) < 4.78 is 115. The summed E-state index contributed by atoms with van der Waals surface area (Å²) in [5.41, 5.74) is -0.423. The van der Waals surface area contributed by atoms with Crippen LogP contribution in [-0.4, -0.2) is 31.1 Å². The van der Waals surface area contributed by atoms with Gasteiger partial charge >= 0.3 is 35.5 Å². The van der Waals surface area contributed by atoms with Gasteiger partial charge in [-0.1, -0.05) is 48.4 Å². The second-order valence-corrected chi connectivity index (χ2v) is 6.19. The van der Waals surface area contributed by atoms with Gasteiger partial charge in [-0.3, -0.25) is 4.79 Å². The first-order valence-electron chi connectivity index (χ1n) is 15.8. The number of benzene rings is 4. The standard InChI is InChI=1S/2C13H12O3.Na/c2*1-16-11-6-5-9-3-2-4-10(7-13(14)15)12(9)8-11;/h2*2-6,8H,7H2,1H3,(H,14,15);/q;;+1/p-1/i1D3,2D,3D,4D,5D,6D,7D2,8D;1D3;. The molecule has 0 saturated carbocycles. The Balaban J connectivity index is 0.000000338. The fourth-order valence-electron chi connectivity index (χ4n) is 2.83. The maximum absolute atomic E-state index is 11.4.